The molecule has 0 saturated heterocycles. The lowest BCUT2D eigenvalue weighted by atomic mass is 9.73. The van der Waals surface area contributed by atoms with Gasteiger partial charge in [0, 0.05) is 11.6 Å². The van der Waals surface area contributed by atoms with E-state index in [4.69, 9.17) is 5.73 Å². The highest BCUT2D eigenvalue weighted by Gasteiger charge is 2.29. The minimum Gasteiger partial charge on any atom is -0.508 e. The van der Waals surface area contributed by atoms with Gasteiger partial charge in [-0.25, -0.2) is 4.39 Å². The highest BCUT2D eigenvalue weighted by atomic mass is 19.1. The van der Waals surface area contributed by atoms with E-state index in [1.54, 1.807) is 0 Å². The highest BCUT2D eigenvalue weighted by molar-refractivity contribution is 5.51. The summed E-state index contributed by atoms with van der Waals surface area (Å²) in [6, 6.07) is 2.86. The first-order valence-electron chi connectivity index (χ1n) is 10.8. The van der Waals surface area contributed by atoms with Crippen molar-refractivity contribution in [2.75, 3.05) is 5.73 Å². The number of anilines is 1. The molecule has 1 aliphatic carbocycles. The molecular formula is C23H38FNO. The summed E-state index contributed by atoms with van der Waals surface area (Å²) in [5.74, 6) is -0.257. The number of hydrogen-bond donors (Lipinski definition) is 2. The van der Waals surface area contributed by atoms with Gasteiger partial charge in [-0.15, -0.1) is 0 Å². The average Bonchev–Trinajstić information content (AvgIpc) is 2.60. The van der Waals surface area contributed by atoms with Crippen LogP contribution in [-0.4, -0.2) is 5.11 Å². The second-order valence-corrected chi connectivity index (χ2v) is 8.55. The number of halogens is 1. The Morgan fingerprint density at radius 3 is 1.58 bits per heavy atom. The van der Waals surface area contributed by atoms with Gasteiger partial charge in [-0.1, -0.05) is 90.4 Å². The van der Waals surface area contributed by atoms with Crippen molar-refractivity contribution in [3.05, 3.63) is 23.5 Å². The first-order valence-corrected chi connectivity index (χ1v) is 10.8. The molecule has 26 heavy (non-hydrogen) atoms. The van der Waals surface area contributed by atoms with E-state index in [0.29, 0.717) is 0 Å². The van der Waals surface area contributed by atoms with E-state index in [-0.39, 0.29) is 16.9 Å². The van der Waals surface area contributed by atoms with Gasteiger partial charge in [0.15, 0.2) is 0 Å². The normalized spacial score (nSPS) is 21.3. The number of rotatable bonds is 1. The van der Waals surface area contributed by atoms with Crippen molar-refractivity contribution in [1.29, 1.82) is 0 Å². The number of hydrogen-bond acceptors (Lipinski definition) is 2. The minimum atomic E-state index is -0.411. The Labute approximate surface area is 159 Å². The van der Waals surface area contributed by atoms with Crippen LogP contribution in [0.4, 0.5) is 10.1 Å². The molecule has 0 spiro atoms. The summed E-state index contributed by atoms with van der Waals surface area (Å²) < 4.78 is 14.1. The molecule has 148 valence electrons. The van der Waals surface area contributed by atoms with Gasteiger partial charge in [-0.2, -0.15) is 0 Å². The lowest BCUT2D eigenvalue weighted by molar-refractivity contribution is 0.342. The van der Waals surface area contributed by atoms with E-state index in [9.17, 15) is 9.50 Å². The fourth-order valence-electron chi connectivity index (χ4n) is 4.43. The van der Waals surface area contributed by atoms with Gasteiger partial charge in [-0.05, 0) is 24.3 Å². The predicted octanol–water partition coefficient (Wildman–Crippen LogP) is 7.24. The SMILES string of the molecule is CC1(c2cc(F)c(N)cc2O)CCCCCCCCCCCCCCC1. The molecule has 1 aromatic carbocycles. The lowest BCUT2D eigenvalue weighted by Gasteiger charge is -2.31. The summed E-state index contributed by atoms with van der Waals surface area (Å²) in [7, 11) is 0. The summed E-state index contributed by atoms with van der Waals surface area (Å²) in [4.78, 5) is 0. The number of nitrogens with two attached hydrogens (primary N) is 1. The fraction of sp³-hybridized carbons (Fsp3) is 0.739. The van der Waals surface area contributed by atoms with Crippen LogP contribution in [0.25, 0.3) is 0 Å². The fourth-order valence-corrected chi connectivity index (χ4v) is 4.43. The summed E-state index contributed by atoms with van der Waals surface area (Å²) in [6.45, 7) is 2.20. The Bertz CT molecular complexity index is 527. The third-order valence-electron chi connectivity index (χ3n) is 6.22. The second-order valence-electron chi connectivity index (χ2n) is 8.55. The Hall–Kier alpha value is -1.25. The van der Waals surface area contributed by atoms with Gasteiger partial charge < -0.3 is 10.8 Å². The first-order chi connectivity index (χ1) is 12.5. The molecule has 3 heteroatoms. The van der Waals surface area contributed by atoms with Crippen molar-refractivity contribution >= 4 is 5.69 Å². The Morgan fingerprint density at radius 2 is 1.15 bits per heavy atom. The standard InChI is InChI=1S/C23H38FNO/c1-23(19-17-20(24)21(25)18-22(19)26)15-13-11-9-7-5-3-2-4-6-8-10-12-14-16-23/h17-18,26H,2-16,25H2,1H3. The molecule has 0 aromatic heterocycles. The Balaban J connectivity index is 2.07. The smallest absolute Gasteiger partial charge is 0.146 e. The molecule has 0 amide bonds. The molecule has 3 N–H and O–H groups in total. The molecular weight excluding hydrogens is 325 g/mol. The van der Waals surface area contributed by atoms with Crippen LogP contribution in [0.3, 0.4) is 0 Å². The lowest BCUT2D eigenvalue weighted by Crippen LogP contribution is -2.23. The van der Waals surface area contributed by atoms with E-state index >= 15 is 0 Å². The van der Waals surface area contributed by atoms with Crippen molar-refractivity contribution in [2.45, 2.75) is 109 Å². The van der Waals surface area contributed by atoms with Crippen LogP contribution in [0, 0.1) is 5.82 Å². The van der Waals surface area contributed by atoms with Crippen LogP contribution in [0.2, 0.25) is 0 Å². The summed E-state index contributed by atoms with van der Waals surface area (Å²) in [5.41, 5.74) is 6.23. The van der Waals surface area contributed by atoms with E-state index < -0.39 is 5.82 Å². The molecule has 0 bridgehead atoms. The van der Waals surface area contributed by atoms with Crippen molar-refractivity contribution in [1.82, 2.24) is 0 Å². The van der Waals surface area contributed by atoms with Gasteiger partial charge >= 0.3 is 0 Å². The molecule has 0 unspecified atom stereocenters. The van der Waals surface area contributed by atoms with Gasteiger partial charge in [0.1, 0.15) is 11.6 Å². The van der Waals surface area contributed by atoms with Gasteiger partial charge in [0.25, 0.3) is 0 Å². The first kappa shape index (κ1) is 21.1. The van der Waals surface area contributed by atoms with Crippen molar-refractivity contribution in [2.24, 2.45) is 0 Å². The zero-order valence-electron chi connectivity index (χ0n) is 16.7. The van der Waals surface area contributed by atoms with Crippen LogP contribution in [-0.2, 0) is 5.41 Å². The number of phenolic OH excluding ortho intramolecular Hbond substituents is 1. The third kappa shape index (κ3) is 6.48. The number of aromatic hydroxyl groups is 1. The zero-order chi connectivity index (χ0) is 18.8. The van der Waals surface area contributed by atoms with Crippen LogP contribution in [0.15, 0.2) is 12.1 Å². The zero-order valence-corrected chi connectivity index (χ0v) is 16.7. The molecule has 1 aromatic rings. The summed E-state index contributed by atoms with van der Waals surface area (Å²) >= 11 is 0. The van der Waals surface area contributed by atoms with E-state index in [1.807, 2.05) is 0 Å². The van der Waals surface area contributed by atoms with Crippen LogP contribution in [0.1, 0.15) is 109 Å². The van der Waals surface area contributed by atoms with Crippen LogP contribution >= 0.6 is 0 Å². The van der Waals surface area contributed by atoms with Crippen molar-refractivity contribution in [3.8, 4) is 5.75 Å². The van der Waals surface area contributed by atoms with E-state index in [0.717, 1.165) is 31.2 Å². The third-order valence-corrected chi connectivity index (χ3v) is 6.22. The quantitative estimate of drug-likeness (QED) is 0.517. The van der Waals surface area contributed by atoms with Gasteiger partial charge in [0.05, 0.1) is 5.69 Å². The van der Waals surface area contributed by atoms with Gasteiger partial charge in [0.2, 0.25) is 0 Å². The minimum absolute atomic E-state index is 0.0306. The van der Waals surface area contributed by atoms with Crippen molar-refractivity contribution < 1.29 is 9.50 Å². The largest absolute Gasteiger partial charge is 0.508 e. The predicted molar refractivity (Wildman–Crippen MR) is 109 cm³/mol. The summed E-state index contributed by atoms with van der Waals surface area (Å²) in [5, 5.41) is 10.4. The average molecular weight is 364 g/mol. The maximum Gasteiger partial charge on any atom is 0.146 e. The molecule has 0 radical (unpaired) electrons. The molecule has 0 aliphatic heterocycles. The van der Waals surface area contributed by atoms with E-state index in [1.165, 1.54) is 82.8 Å². The molecule has 1 aliphatic rings. The Morgan fingerprint density at radius 1 is 0.769 bits per heavy atom. The Kier molecular flexibility index (Phi) is 8.74. The summed E-state index contributed by atoms with van der Waals surface area (Å²) in [6.07, 6.45) is 18.9. The number of benzene rings is 1. The molecule has 0 atom stereocenters. The molecule has 1 fully saturated rings. The van der Waals surface area contributed by atoms with E-state index in [2.05, 4.69) is 6.92 Å². The van der Waals surface area contributed by atoms with Crippen molar-refractivity contribution in [3.63, 3.8) is 0 Å². The molecule has 2 nitrogen and oxygen atoms in total. The van der Waals surface area contributed by atoms with Crippen LogP contribution in [0.5, 0.6) is 5.75 Å². The maximum atomic E-state index is 14.1. The molecule has 1 saturated carbocycles. The van der Waals surface area contributed by atoms with Crippen LogP contribution < -0.4 is 5.73 Å². The maximum absolute atomic E-state index is 14.1. The topological polar surface area (TPSA) is 46.2 Å². The number of nitrogen functional groups attached to an aromatic ring is 1. The number of phenols is 1. The van der Waals surface area contributed by atoms with Gasteiger partial charge in [-0.3, -0.25) is 0 Å². The molecule has 2 rings (SSSR count). The second kappa shape index (κ2) is 10.8. The molecule has 0 heterocycles. The monoisotopic (exact) mass is 363 g/mol. The highest BCUT2D eigenvalue weighted by Crippen LogP contribution is 2.41.